The van der Waals surface area contributed by atoms with Crippen LogP contribution in [0.2, 0.25) is 0 Å². The molecule has 4 fully saturated rings. The molecule has 2 aliphatic heterocycles. The summed E-state index contributed by atoms with van der Waals surface area (Å²) in [6, 6.07) is 10.2. The van der Waals surface area contributed by atoms with Gasteiger partial charge in [0.1, 0.15) is 23.7 Å². The van der Waals surface area contributed by atoms with E-state index in [1.54, 1.807) is 11.3 Å². The van der Waals surface area contributed by atoms with Crippen molar-refractivity contribution in [3.63, 3.8) is 0 Å². The number of nitrogens with one attached hydrogen (secondary N) is 3. The first-order valence-electron chi connectivity index (χ1n) is 18.2. The molecule has 3 saturated carbocycles. The quantitative estimate of drug-likeness (QED) is 0.316. The molecule has 1 aromatic heterocycles. The molecular weight excluding hydrogens is 693 g/mol. The first-order valence-corrected chi connectivity index (χ1v) is 20.6. The third-order valence-corrected chi connectivity index (χ3v) is 13.4. The molecule has 3 heterocycles. The van der Waals surface area contributed by atoms with E-state index >= 15 is 0 Å². The van der Waals surface area contributed by atoms with Crippen LogP contribution in [0.5, 0.6) is 0 Å². The fraction of sp³-hybridized carbons (Fsp3) is 0.568. The number of ether oxygens (including phenoxy) is 2. The number of amides is 4. The van der Waals surface area contributed by atoms with Crippen LogP contribution in [0, 0.1) is 5.92 Å². The smallest absolute Gasteiger partial charge is 0.408 e. The van der Waals surface area contributed by atoms with Crippen molar-refractivity contribution in [2.45, 2.75) is 119 Å². The number of allylic oxidation sites excluding steroid dienone is 1. The van der Waals surface area contributed by atoms with Gasteiger partial charge in [-0.25, -0.2) is 13.2 Å². The largest absolute Gasteiger partial charge is 0.446 e. The standard InChI is InChI=1S/C37H46N4O8S2/c42-33-31-20-28(48-23-24-9-6-10-25(19-24)32-15-8-18-50-32)22-41(31)34(43)30(38-36(45)49-27-12-7-13-27)14-5-3-1-2-4-11-26-21-37(26,39-33)35(44)40-51(46,47)29-16-17-29/h4,6,8-11,15,18-19,26-31H,1-3,5,7,12-14,16-17,20-23H2,(H,38,45)(H,39,42)(H,40,44)/b11-4-/t26-,28-,30+,31+,37-/m1/s1. The second-order valence-corrected chi connectivity index (χ2v) is 17.4. The molecule has 0 unspecified atom stereocenters. The monoisotopic (exact) mass is 738 g/mol. The van der Waals surface area contributed by atoms with Crippen molar-refractivity contribution >= 4 is 45.2 Å². The molecular formula is C37H46N4O8S2. The summed E-state index contributed by atoms with van der Waals surface area (Å²) in [4.78, 5) is 57.7. The molecule has 5 atom stereocenters. The van der Waals surface area contributed by atoms with Crippen LogP contribution in [-0.4, -0.2) is 78.8 Å². The minimum atomic E-state index is -3.85. The minimum absolute atomic E-state index is 0.107. The topological polar surface area (TPSA) is 160 Å². The fourth-order valence-corrected chi connectivity index (χ4v) is 9.26. The minimum Gasteiger partial charge on any atom is -0.446 e. The lowest BCUT2D eigenvalue weighted by molar-refractivity contribution is -0.141. The third kappa shape index (κ3) is 8.33. The van der Waals surface area contributed by atoms with Gasteiger partial charge < -0.3 is 25.0 Å². The molecule has 274 valence electrons. The summed E-state index contributed by atoms with van der Waals surface area (Å²) in [6.45, 7) is 0.365. The lowest BCUT2D eigenvalue weighted by Gasteiger charge is -2.31. The zero-order valence-corrected chi connectivity index (χ0v) is 30.2. The number of nitrogens with zero attached hydrogens (tertiary/aromatic N) is 1. The molecule has 5 aliphatic rings. The molecule has 14 heteroatoms. The molecule has 0 radical (unpaired) electrons. The number of carbonyl (C=O) groups is 4. The van der Waals surface area contributed by atoms with Gasteiger partial charge in [0, 0.05) is 23.8 Å². The Labute approximate surface area is 302 Å². The van der Waals surface area contributed by atoms with Crippen molar-refractivity contribution < 1.29 is 37.1 Å². The average Bonchev–Trinajstić information content (AvgIpc) is 3.95. The first kappa shape index (κ1) is 35.6. The summed E-state index contributed by atoms with van der Waals surface area (Å²) in [7, 11) is -3.85. The Morgan fingerprint density at radius 3 is 2.59 bits per heavy atom. The molecule has 1 saturated heterocycles. The van der Waals surface area contributed by atoms with Crippen LogP contribution in [0.3, 0.4) is 0 Å². The third-order valence-electron chi connectivity index (χ3n) is 10.7. The summed E-state index contributed by atoms with van der Waals surface area (Å²) in [6.07, 6.45) is 9.93. The van der Waals surface area contributed by atoms with E-state index < -0.39 is 62.8 Å². The zero-order valence-electron chi connectivity index (χ0n) is 28.6. The molecule has 3 aliphatic carbocycles. The van der Waals surface area contributed by atoms with E-state index in [9.17, 15) is 27.6 Å². The van der Waals surface area contributed by atoms with Crippen LogP contribution in [0.4, 0.5) is 4.79 Å². The molecule has 2 aromatic rings. The number of hydrogen-bond donors (Lipinski definition) is 3. The number of alkyl carbamates (subject to hydrolysis) is 1. The Morgan fingerprint density at radius 1 is 1.00 bits per heavy atom. The van der Waals surface area contributed by atoms with Gasteiger partial charge in [-0.3, -0.25) is 19.1 Å². The highest BCUT2D eigenvalue weighted by Crippen LogP contribution is 2.46. The van der Waals surface area contributed by atoms with E-state index in [1.807, 2.05) is 41.8 Å². The van der Waals surface area contributed by atoms with Crippen molar-refractivity contribution in [3.05, 3.63) is 59.5 Å². The molecule has 3 N–H and O–H groups in total. The molecule has 1 aromatic carbocycles. The van der Waals surface area contributed by atoms with E-state index in [2.05, 4.69) is 27.5 Å². The highest BCUT2D eigenvalue weighted by molar-refractivity contribution is 7.91. The zero-order chi connectivity index (χ0) is 35.6. The van der Waals surface area contributed by atoms with Gasteiger partial charge in [0.05, 0.1) is 18.0 Å². The van der Waals surface area contributed by atoms with Crippen LogP contribution in [0.25, 0.3) is 10.4 Å². The Morgan fingerprint density at radius 2 is 1.84 bits per heavy atom. The van der Waals surface area contributed by atoms with Crippen molar-refractivity contribution in [2.75, 3.05) is 6.54 Å². The van der Waals surface area contributed by atoms with E-state index in [4.69, 9.17) is 9.47 Å². The second kappa shape index (κ2) is 15.1. The maximum absolute atomic E-state index is 14.3. The van der Waals surface area contributed by atoms with Crippen LogP contribution in [0.1, 0.15) is 82.6 Å². The molecule has 4 amide bonds. The summed E-state index contributed by atoms with van der Waals surface area (Å²) < 4.78 is 39.7. The lowest BCUT2D eigenvalue weighted by Crippen LogP contribution is -2.58. The number of benzene rings is 1. The average molecular weight is 739 g/mol. The Bertz CT molecular complexity index is 1760. The van der Waals surface area contributed by atoms with E-state index in [0.717, 1.165) is 54.5 Å². The van der Waals surface area contributed by atoms with Gasteiger partial charge >= 0.3 is 6.09 Å². The number of thiophene rings is 1. The second-order valence-electron chi connectivity index (χ2n) is 14.5. The lowest BCUT2D eigenvalue weighted by atomic mass is 9.96. The molecule has 12 nitrogen and oxygen atoms in total. The highest BCUT2D eigenvalue weighted by Gasteiger charge is 2.62. The summed E-state index contributed by atoms with van der Waals surface area (Å²) in [5.41, 5.74) is 0.567. The SMILES string of the molecule is O=C(N[C@H]1CCCCC/C=C\[C@@H]2C[C@@]2(C(=O)NS(=O)(=O)C2CC2)NC(=O)[C@@H]2C[C@@H](OCc3cccc(-c4cccs4)c3)CN2C1=O)OC1CCC1. The van der Waals surface area contributed by atoms with Gasteiger partial charge in [0.25, 0.3) is 5.91 Å². The van der Waals surface area contributed by atoms with Crippen molar-refractivity contribution in [3.8, 4) is 10.4 Å². The van der Waals surface area contributed by atoms with Gasteiger partial charge in [-0.05, 0) is 86.4 Å². The number of rotatable bonds is 9. The first-order chi connectivity index (χ1) is 24.6. The van der Waals surface area contributed by atoms with E-state index in [-0.39, 0.29) is 38.0 Å². The normalized spacial score (nSPS) is 29.3. The Kier molecular flexibility index (Phi) is 10.5. The number of carbonyl (C=O) groups excluding carboxylic acids is 4. The number of sulfonamides is 1. The van der Waals surface area contributed by atoms with Gasteiger partial charge in [-0.15, -0.1) is 11.3 Å². The molecule has 7 rings (SSSR count). The van der Waals surface area contributed by atoms with Gasteiger partial charge in [0.2, 0.25) is 21.8 Å². The van der Waals surface area contributed by atoms with Gasteiger partial charge in [-0.2, -0.15) is 0 Å². The number of hydrogen-bond acceptors (Lipinski definition) is 9. The molecule has 0 spiro atoms. The van der Waals surface area contributed by atoms with Crippen LogP contribution < -0.4 is 15.4 Å². The maximum Gasteiger partial charge on any atom is 0.408 e. The Balaban J connectivity index is 1.12. The highest BCUT2D eigenvalue weighted by atomic mass is 32.2. The Hall–Kier alpha value is -3.75. The number of fused-ring (bicyclic) bond motifs is 2. The van der Waals surface area contributed by atoms with Crippen LogP contribution >= 0.6 is 11.3 Å². The molecule has 51 heavy (non-hydrogen) atoms. The van der Waals surface area contributed by atoms with Gasteiger partial charge in [0.15, 0.2) is 0 Å². The van der Waals surface area contributed by atoms with E-state index in [1.165, 1.54) is 4.90 Å². The maximum atomic E-state index is 14.3. The summed E-state index contributed by atoms with van der Waals surface area (Å²) in [5, 5.41) is 7.12. The summed E-state index contributed by atoms with van der Waals surface area (Å²) in [5.74, 6) is -2.12. The summed E-state index contributed by atoms with van der Waals surface area (Å²) >= 11 is 1.65. The van der Waals surface area contributed by atoms with Crippen LogP contribution in [0.15, 0.2) is 53.9 Å². The van der Waals surface area contributed by atoms with Crippen molar-refractivity contribution in [2.24, 2.45) is 5.92 Å². The van der Waals surface area contributed by atoms with Gasteiger partial charge in [-0.1, -0.05) is 49.3 Å². The predicted octanol–water partition coefficient (Wildman–Crippen LogP) is 4.55. The van der Waals surface area contributed by atoms with Crippen molar-refractivity contribution in [1.29, 1.82) is 0 Å². The fourth-order valence-electron chi connectivity index (χ4n) is 7.17. The van der Waals surface area contributed by atoms with Crippen molar-refractivity contribution in [1.82, 2.24) is 20.3 Å². The predicted molar refractivity (Wildman–Crippen MR) is 191 cm³/mol. The molecule has 0 bridgehead atoms. The van der Waals surface area contributed by atoms with Crippen LogP contribution in [-0.2, 0) is 40.5 Å². The van der Waals surface area contributed by atoms with E-state index in [0.29, 0.717) is 25.7 Å².